The second kappa shape index (κ2) is 6.20. The molecule has 4 heteroatoms. The maximum Gasteiger partial charge on any atom is 0.125 e. The van der Waals surface area contributed by atoms with E-state index in [0.717, 1.165) is 19.4 Å². The van der Waals surface area contributed by atoms with E-state index in [-0.39, 0.29) is 0 Å². The Morgan fingerprint density at radius 1 is 0.867 bits per heavy atom. The zero-order chi connectivity index (χ0) is 11.3. The molecule has 0 unspecified atom stereocenters. The Balaban J connectivity index is 0.000000151. The summed E-state index contributed by atoms with van der Waals surface area (Å²) in [5.74, 6) is 0.338. The summed E-state index contributed by atoms with van der Waals surface area (Å²) >= 11 is 0. The Hall–Kier alpha value is -0.450. The lowest BCUT2D eigenvalue weighted by Crippen LogP contribution is -2.44. The summed E-state index contributed by atoms with van der Waals surface area (Å²) < 4.78 is 0. The molecular weight excluding hydrogens is 190 g/mol. The number of carbonyl (C=O) groups excluding carboxylic acids is 1. The molecule has 15 heavy (non-hydrogen) atoms. The first kappa shape index (κ1) is 12.6. The normalized spacial score (nSPS) is 25.3. The molecule has 2 aliphatic rings. The fourth-order valence-corrected chi connectivity index (χ4v) is 1.74. The minimum Gasteiger partial charge on any atom is -0.305 e. The summed E-state index contributed by atoms with van der Waals surface area (Å²) in [5, 5.41) is 0. The second-order valence-corrected chi connectivity index (χ2v) is 4.72. The standard InChI is InChI=1S/C6H14N2.C5H9NO/c1-7-3-5-8(2)6-4-7;1-6-2-5(3-6)4-7/h3-6H2,1-2H3;4-5H,2-3H2,1H3. The molecule has 2 heterocycles. The van der Waals surface area contributed by atoms with E-state index in [9.17, 15) is 4.79 Å². The van der Waals surface area contributed by atoms with Gasteiger partial charge >= 0.3 is 0 Å². The molecule has 0 amide bonds. The van der Waals surface area contributed by atoms with Crippen molar-refractivity contribution in [2.75, 3.05) is 60.4 Å². The lowest BCUT2D eigenvalue weighted by atomic mass is 10.0. The van der Waals surface area contributed by atoms with Crippen LogP contribution in [0.15, 0.2) is 0 Å². The average Bonchev–Trinajstić information content (AvgIpc) is 2.19. The highest BCUT2D eigenvalue weighted by Gasteiger charge is 2.21. The summed E-state index contributed by atoms with van der Waals surface area (Å²) in [4.78, 5) is 16.8. The van der Waals surface area contributed by atoms with Gasteiger partial charge in [-0.2, -0.15) is 0 Å². The Morgan fingerprint density at radius 3 is 1.47 bits per heavy atom. The molecule has 2 fully saturated rings. The maximum absolute atomic E-state index is 9.91. The van der Waals surface area contributed by atoms with E-state index in [1.54, 1.807) is 0 Å². The lowest BCUT2D eigenvalue weighted by molar-refractivity contribution is -0.115. The molecule has 2 rings (SSSR count). The highest BCUT2D eigenvalue weighted by atomic mass is 16.1. The van der Waals surface area contributed by atoms with Crippen LogP contribution in [-0.2, 0) is 4.79 Å². The van der Waals surface area contributed by atoms with Gasteiger partial charge in [-0.05, 0) is 21.1 Å². The first-order valence-corrected chi connectivity index (χ1v) is 5.62. The third-order valence-electron chi connectivity index (χ3n) is 3.01. The van der Waals surface area contributed by atoms with Crippen molar-refractivity contribution in [3.05, 3.63) is 0 Å². The van der Waals surface area contributed by atoms with Gasteiger partial charge in [0.25, 0.3) is 0 Å². The van der Waals surface area contributed by atoms with Gasteiger partial charge in [-0.25, -0.2) is 0 Å². The highest BCUT2D eigenvalue weighted by molar-refractivity contribution is 5.55. The topological polar surface area (TPSA) is 26.8 Å². The van der Waals surface area contributed by atoms with Gasteiger partial charge in [0, 0.05) is 45.2 Å². The van der Waals surface area contributed by atoms with Crippen LogP contribution in [0, 0.1) is 5.92 Å². The van der Waals surface area contributed by atoms with Gasteiger partial charge in [-0.3, -0.25) is 0 Å². The molecule has 2 aliphatic heterocycles. The molecule has 2 saturated heterocycles. The monoisotopic (exact) mass is 213 g/mol. The third kappa shape index (κ3) is 4.73. The number of piperazine rings is 1. The van der Waals surface area contributed by atoms with Crippen molar-refractivity contribution in [2.45, 2.75) is 0 Å². The molecular formula is C11H23N3O. The number of nitrogens with zero attached hydrogens (tertiary/aromatic N) is 3. The van der Waals surface area contributed by atoms with Crippen LogP contribution in [0.5, 0.6) is 0 Å². The summed E-state index contributed by atoms with van der Waals surface area (Å²) in [6.07, 6.45) is 1.03. The molecule has 0 saturated carbocycles. The molecule has 0 bridgehead atoms. The van der Waals surface area contributed by atoms with Gasteiger partial charge in [-0.1, -0.05) is 0 Å². The predicted molar refractivity (Wildman–Crippen MR) is 62.0 cm³/mol. The number of likely N-dealkylation sites (tertiary alicyclic amines) is 1. The van der Waals surface area contributed by atoms with Crippen LogP contribution >= 0.6 is 0 Å². The van der Waals surface area contributed by atoms with Gasteiger partial charge in [0.05, 0.1) is 0 Å². The van der Waals surface area contributed by atoms with Gasteiger partial charge in [0.1, 0.15) is 6.29 Å². The molecule has 0 aliphatic carbocycles. The van der Waals surface area contributed by atoms with Crippen molar-refractivity contribution >= 4 is 6.29 Å². The average molecular weight is 213 g/mol. The van der Waals surface area contributed by atoms with E-state index >= 15 is 0 Å². The molecule has 88 valence electrons. The van der Waals surface area contributed by atoms with Crippen LogP contribution in [0.1, 0.15) is 0 Å². The van der Waals surface area contributed by atoms with Crippen molar-refractivity contribution in [2.24, 2.45) is 5.92 Å². The molecule has 4 nitrogen and oxygen atoms in total. The van der Waals surface area contributed by atoms with Crippen molar-refractivity contribution < 1.29 is 4.79 Å². The van der Waals surface area contributed by atoms with Gasteiger partial charge in [-0.15, -0.1) is 0 Å². The van der Waals surface area contributed by atoms with E-state index in [2.05, 4.69) is 28.8 Å². The van der Waals surface area contributed by atoms with Crippen molar-refractivity contribution in [1.29, 1.82) is 0 Å². The maximum atomic E-state index is 9.91. The van der Waals surface area contributed by atoms with Crippen molar-refractivity contribution in [1.82, 2.24) is 14.7 Å². The van der Waals surface area contributed by atoms with Crippen molar-refractivity contribution in [3.63, 3.8) is 0 Å². The van der Waals surface area contributed by atoms with Gasteiger partial charge < -0.3 is 19.5 Å². The van der Waals surface area contributed by atoms with Gasteiger partial charge in [0.2, 0.25) is 0 Å². The number of carbonyl (C=O) groups is 1. The van der Waals surface area contributed by atoms with E-state index < -0.39 is 0 Å². The summed E-state index contributed by atoms with van der Waals surface area (Å²) in [6.45, 7) is 6.85. The van der Waals surface area contributed by atoms with Crippen LogP contribution < -0.4 is 0 Å². The Bertz CT molecular complexity index is 174. The van der Waals surface area contributed by atoms with Crippen molar-refractivity contribution in [3.8, 4) is 0 Å². The van der Waals surface area contributed by atoms with Crippen LogP contribution in [0.3, 0.4) is 0 Å². The van der Waals surface area contributed by atoms with Crippen LogP contribution in [-0.4, -0.2) is 81.4 Å². The van der Waals surface area contributed by atoms with E-state index in [4.69, 9.17) is 0 Å². The minimum absolute atomic E-state index is 0.338. The SMILES string of the molecule is CN1CC(C=O)C1.CN1CCN(C)CC1. The zero-order valence-electron chi connectivity index (χ0n) is 10.1. The number of aldehydes is 1. The predicted octanol–water partition coefficient (Wildman–Crippen LogP) is -0.389. The van der Waals surface area contributed by atoms with Crippen LogP contribution in [0.2, 0.25) is 0 Å². The van der Waals surface area contributed by atoms with E-state index in [1.165, 1.54) is 26.2 Å². The number of likely N-dealkylation sites (N-methyl/N-ethyl adjacent to an activating group) is 2. The highest BCUT2D eigenvalue weighted by Crippen LogP contribution is 2.07. The smallest absolute Gasteiger partial charge is 0.125 e. The van der Waals surface area contributed by atoms with E-state index in [0.29, 0.717) is 5.92 Å². The Morgan fingerprint density at radius 2 is 1.27 bits per heavy atom. The Labute approximate surface area is 92.8 Å². The molecule has 0 spiro atoms. The molecule has 0 radical (unpaired) electrons. The fraction of sp³-hybridized carbons (Fsp3) is 0.909. The number of hydrogen-bond acceptors (Lipinski definition) is 4. The molecule has 0 aromatic heterocycles. The Kier molecular flexibility index (Phi) is 5.22. The molecule has 0 aromatic carbocycles. The number of rotatable bonds is 1. The van der Waals surface area contributed by atoms with Gasteiger partial charge in [0.15, 0.2) is 0 Å². The summed E-state index contributed by atoms with van der Waals surface area (Å²) in [5.41, 5.74) is 0. The first-order chi connectivity index (χ1) is 7.11. The molecule has 0 N–H and O–H groups in total. The zero-order valence-corrected chi connectivity index (χ0v) is 10.1. The van der Waals surface area contributed by atoms with Crippen LogP contribution in [0.25, 0.3) is 0 Å². The summed E-state index contributed by atoms with van der Waals surface area (Å²) in [6, 6.07) is 0. The third-order valence-corrected chi connectivity index (χ3v) is 3.01. The van der Waals surface area contributed by atoms with E-state index in [1.807, 2.05) is 7.05 Å². The fourth-order valence-electron chi connectivity index (χ4n) is 1.74. The van der Waals surface area contributed by atoms with Crippen LogP contribution in [0.4, 0.5) is 0 Å². The largest absolute Gasteiger partial charge is 0.305 e. The second-order valence-electron chi connectivity index (χ2n) is 4.72. The first-order valence-electron chi connectivity index (χ1n) is 5.62. The number of hydrogen-bond donors (Lipinski definition) is 0. The molecule has 0 atom stereocenters. The summed E-state index contributed by atoms with van der Waals surface area (Å²) in [7, 11) is 6.36. The quantitative estimate of drug-likeness (QED) is 0.554. The lowest BCUT2D eigenvalue weighted by Gasteiger charge is -2.31. The minimum atomic E-state index is 0.338. The molecule has 0 aromatic rings.